The topological polar surface area (TPSA) is 64.6 Å². The summed E-state index contributed by atoms with van der Waals surface area (Å²) < 4.78 is 22.1. The minimum Gasteiger partial charge on any atom is -0.467 e. The van der Waals surface area contributed by atoms with Crippen LogP contribution < -0.4 is 5.32 Å². The number of amides is 1. The summed E-state index contributed by atoms with van der Waals surface area (Å²) in [5.74, 6) is -1.34. The van der Waals surface area contributed by atoms with Gasteiger partial charge in [-0.3, -0.25) is 4.79 Å². The molecule has 0 radical (unpaired) electrons. The number of esters is 1. The van der Waals surface area contributed by atoms with E-state index < -0.39 is 17.9 Å². The lowest BCUT2D eigenvalue weighted by Crippen LogP contribution is -2.44. The molecule has 0 saturated carbocycles. The molecule has 104 valence electrons. The molecule has 0 aromatic heterocycles. The Morgan fingerprint density at radius 2 is 1.89 bits per heavy atom. The highest BCUT2D eigenvalue weighted by atomic mass is 19.1. The molecule has 1 N–H and O–H groups in total. The predicted octanol–water partition coefficient (Wildman–Crippen LogP) is 0.672. The van der Waals surface area contributed by atoms with E-state index >= 15 is 0 Å². The van der Waals surface area contributed by atoms with Crippen molar-refractivity contribution in [3.63, 3.8) is 0 Å². The van der Waals surface area contributed by atoms with Crippen molar-refractivity contribution >= 4 is 11.9 Å². The Labute approximate surface area is 110 Å². The standard InChI is InChI=1S/C13H16FNO4/c1-18-8-12(16)15-11(13(17)19-2)7-9-3-5-10(14)6-4-9/h3-6,11H,7-8H2,1-2H3,(H,15,16)/t11-/m0/s1. The van der Waals surface area contributed by atoms with Crippen LogP contribution in [0, 0.1) is 5.82 Å². The van der Waals surface area contributed by atoms with E-state index in [0.29, 0.717) is 0 Å². The fourth-order valence-corrected chi connectivity index (χ4v) is 1.56. The predicted molar refractivity (Wildman–Crippen MR) is 65.9 cm³/mol. The van der Waals surface area contributed by atoms with Crippen molar-refractivity contribution in [2.45, 2.75) is 12.5 Å². The molecule has 1 aromatic carbocycles. The molecule has 0 saturated heterocycles. The van der Waals surface area contributed by atoms with Gasteiger partial charge in [-0.05, 0) is 17.7 Å². The Morgan fingerprint density at radius 1 is 1.26 bits per heavy atom. The van der Waals surface area contributed by atoms with Crippen LogP contribution in [0.5, 0.6) is 0 Å². The zero-order valence-electron chi connectivity index (χ0n) is 10.8. The van der Waals surface area contributed by atoms with E-state index in [0.717, 1.165) is 5.56 Å². The molecule has 0 heterocycles. The Kier molecular flexibility index (Phi) is 5.95. The average Bonchev–Trinajstić information content (AvgIpc) is 2.40. The number of hydrogen-bond donors (Lipinski definition) is 1. The van der Waals surface area contributed by atoms with Gasteiger partial charge in [-0.2, -0.15) is 0 Å². The second-order valence-corrected chi connectivity index (χ2v) is 3.91. The number of benzene rings is 1. The highest BCUT2D eigenvalue weighted by Gasteiger charge is 2.21. The molecule has 0 bridgehead atoms. The summed E-state index contributed by atoms with van der Waals surface area (Å²) in [5, 5.41) is 2.50. The largest absolute Gasteiger partial charge is 0.467 e. The fraction of sp³-hybridized carbons (Fsp3) is 0.385. The van der Waals surface area contributed by atoms with Crippen molar-refractivity contribution < 1.29 is 23.5 Å². The van der Waals surface area contributed by atoms with Gasteiger partial charge in [0.2, 0.25) is 5.91 Å². The van der Waals surface area contributed by atoms with Gasteiger partial charge < -0.3 is 14.8 Å². The van der Waals surface area contributed by atoms with E-state index in [9.17, 15) is 14.0 Å². The molecule has 0 unspecified atom stereocenters. The summed E-state index contributed by atoms with van der Waals surface area (Å²) >= 11 is 0. The monoisotopic (exact) mass is 269 g/mol. The highest BCUT2D eigenvalue weighted by Crippen LogP contribution is 2.07. The molecule has 1 amide bonds. The molecule has 0 fully saturated rings. The van der Waals surface area contributed by atoms with Gasteiger partial charge in [0.1, 0.15) is 18.5 Å². The van der Waals surface area contributed by atoms with Crippen LogP contribution in [0.15, 0.2) is 24.3 Å². The fourth-order valence-electron chi connectivity index (χ4n) is 1.56. The average molecular weight is 269 g/mol. The molecule has 0 spiro atoms. The van der Waals surface area contributed by atoms with Crippen molar-refractivity contribution in [1.82, 2.24) is 5.32 Å². The maximum Gasteiger partial charge on any atom is 0.328 e. The zero-order chi connectivity index (χ0) is 14.3. The van der Waals surface area contributed by atoms with E-state index in [1.54, 1.807) is 12.1 Å². The molecule has 0 aliphatic rings. The van der Waals surface area contributed by atoms with E-state index in [1.165, 1.54) is 26.4 Å². The van der Waals surface area contributed by atoms with Gasteiger partial charge >= 0.3 is 5.97 Å². The van der Waals surface area contributed by atoms with Gasteiger partial charge in [-0.1, -0.05) is 12.1 Å². The van der Waals surface area contributed by atoms with Gasteiger partial charge in [0, 0.05) is 13.5 Å². The molecular formula is C13H16FNO4. The number of nitrogens with one attached hydrogen (secondary N) is 1. The lowest BCUT2D eigenvalue weighted by atomic mass is 10.1. The van der Waals surface area contributed by atoms with Crippen LogP contribution in [-0.4, -0.2) is 38.7 Å². The lowest BCUT2D eigenvalue weighted by molar-refractivity contribution is -0.145. The van der Waals surface area contributed by atoms with Gasteiger partial charge in [0.15, 0.2) is 0 Å². The molecule has 6 heteroatoms. The van der Waals surface area contributed by atoms with Crippen molar-refractivity contribution in [3.8, 4) is 0 Å². The number of methoxy groups -OCH3 is 2. The first kappa shape index (κ1) is 15.1. The summed E-state index contributed by atoms with van der Waals surface area (Å²) in [7, 11) is 2.62. The Morgan fingerprint density at radius 3 is 2.42 bits per heavy atom. The van der Waals surface area contributed by atoms with Crippen molar-refractivity contribution in [1.29, 1.82) is 0 Å². The minimum atomic E-state index is -0.821. The zero-order valence-corrected chi connectivity index (χ0v) is 10.8. The SMILES string of the molecule is COCC(=O)N[C@@H](Cc1ccc(F)cc1)C(=O)OC. The summed E-state index contributed by atoms with van der Waals surface area (Å²) in [6.07, 6.45) is 0.225. The molecule has 1 atom stereocenters. The summed E-state index contributed by atoms with van der Waals surface area (Å²) in [5.41, 5.74) is 0.717. The smallest absolute Gasteiger partial charge is 0.328 e. The molecular weight excluding hydrogens is 253 g/mol. The number of hydrogen-bond acceptors (Lipinski definition) is 4. The number of carbonyl (C=O) groups excluding carboxylic acids is 2. The van der Waals surface area contributed by atoms with E-state index in [1.807, 2.05) is 0 Å². The first-order valence-electron chi connectivity index (χ1n) is 5.67. The maximum absolute atomic E-state index is 12.8. The van der Waals surface area contributed by atoms with Crippen LogP contribution in [-0.2, 0) is 25.5 Å². The minimum absolute atomic E-state index is 0.142. The number of halogens is 1. The van der Waals surface area contributed by atoms with Crippen molar-refractivity contribution in [2.24, 2.45) is 0 Å². The summed E-state index contributed by atoms with van der Waals surface area (Å²) in [4.78, 5) is 23.0. The third kappa shape index (κ3) is 5.05. The first-order chi connectivity index (χ1) is 9.06. The summed E-state index contributed by atoms with van der Waals surface area (Å²) in [6.45, 7) is -0.142. The number of carbonyl (C=O) groups is 2. The Balaban J connectivity index is 2.71. The maximum atomic E-state index is 12.8. The van der Waals surface area contributed by atoms with Gasteiger partial charge in [-0.25, -0.2) is 9.18 Å². The molecule has 0 aliphatic carbocycles. The summed E-state index contributed by atoms with van der Waals surface area (Å²) in [6, 6.07) is 4.86. The van der Waals surface area contributed by atoms with Crippen LogP contribution in [0.4, 0.5) is 4.39 Å². The Bertz CT molecular complexity index is 433. The van der Waals surface area contributed by atoms with Crippen LogP contribution in [0.2, 0.25) is 0 Å². The Hall–Kier alpha value is -1.95. The lowest BCUT2D eigenvalue weighted by Gasteiger charge is -2.16. The highest BCUT2D eigenvalue weighted by molar-refractivity contribution is 5.85. The molecule has 1 aromatic rings. The second kappa shape index (κ2) is 7.48. The first-order valence-corrected chi connectivity index (χ1v) is 5.67. The third-order valence-corrected chi connectivity index (χ3v) is 2.45. The van der Waals surface area contributed by atoms with Crippen molar-refractivity contribution in [2.75, 3.05) is 20.8 Å². The van der Waals surface area contributed by atoms with Crippen LogP contribution in [0.1, 0.15) is 5.56 Å². The van der Waals surface area contributed by atoms with Crippen molar-refractivity contribution in [3.05, 3.63) is 35.6 Å². The van der Waals surface area contributed by atoms with E-state index in [-0.39, 0.29) is 18.8 Å². The van der Waals surface area contributed by atoms with Crippen LogP contribution >= 0.6 is 0 Å². The second-order valence-electron chi connectivity index (χ2n) is 3.91. The van der Waals surface area contributed by atoms with E-state index in [2.05, 4.69) is 14.8 Å². The van der Waals surface area contributed by atoms with Crippen LogP contribution in [0.25, 0.3) is 0 Å². The molecule has 19 heavy (non-hydrogen) atoms. The van der Waals surface area contributed by atoms with Gasteiger partial charge in [0.05, 0.1) is 7.11 Å². The van der Waals surface area contributed by atoms with E-state index in [4.69, 9.17) is 0 Å². The van der Waals surface area contributed by atoms with Crippen LogP contribution in [0.3, 0.4) is 0 Å². The quantitative estimate of drug-likeness (QED) is 0.771. The van der Waals surface area contributed by atoms with Gasteiger partial charge in [-0.15, -0.1) is 0 Å². The molecule has 1 rings (SSSR count). The third-order valence-electron chi connectivity index (χ3n) is 2.45. The molecule has 0 aliphatic heterocycles. The normalized spacial score (nSPS) is 11.7. The number of ether oxygens (including phenoxy) is 2. The molecule has 5 nitrogen and oxygen atoms in total. The van der Waals surface area contributed by atoms with Gasteiger partial charge in [0.25, 0.3) is 0 Å². The number of rotatable bonds is 6.